The van der Waals surface area contributed by atoms with Crippen molar-refractivity contribution in [2.45, 2.75) is 13.5 Å². The number of hydrogen-bond acceptors (Lipinski definition) is 6. The number of carbonyl (C=O) groups is 2. The lowest BCUT2D eigenvalue weighted by molar-refractivity contribution is -0.137. The molecule has 31 heavy (non-hydrogen) atoms. The molecule has 7 nitrogen and oxygen atoms in total. The van der Waals surface area contributed by atoms with Gasteiger partial charge in [-0.1, -0.05) is 24.3 Å². The molecule has 0 unspecified atom stereocenters. The molecule has 0 saturated heterocycles. The Balaban J connectivity index is 1.71. The van der Waals surface area contributed by atoms with E-state index in [4.69, 9.17) is 14.8 Å². The maximum Gasteiger partial charge on any atom is 0.323 e. The van der Waals surface area contributed by atoms with Gasteiger partial charge in [-0.3, -0.25) is 9.59 Å². The molecule has 1 amide bonds. The molecule has 8 heteroatoms. The Bertz CT molecular complexity index is 1050. The van der Waals surface area contributed by atoms with Crippen LogP contribution in [-0.2, 0) is 11.3 Å². The van der Waals surface area contributed by atoms with E-state index < -0.39 is 5.97 Å². The van der Waals surface area contributed by atoms with Gasteiger partial charge in [-0.15, -0.1) is 11.3 Å². The van der Waals surface area contributed by atoms with Crippen LogP contribution in [0.5, 0.6) is 5.75 Å². The van der Waals surface area contributed by atoms with Crippen LogP contribution in [0.3, 0.4) is 0 Å². The van der Waals surface area contributed by atoms with Gasteiger partial charge >= 0.3 is 5.97 Å². The number of likely N-dealkylation sites (N-methyl/N-ethyl adjacent to an activating group) is 1. The molecular formula is C23H25N3O4S. The number of ether oxygens (including phenoxy) is 1. The summed E-state index contributed by atoms with van der Waals surface area (Å²) in [7, 11) is 3.12. The summed E-state index contributed by atoms with van der Waals surface area (Å²) < 4.78 is 5.30. The molecule has 3 rings (SSSR count). The second-order valence-corrected chi connectivity index (χ2v) is 7.85. The molecule has 1 aromatic heterocycles. The van der Waals surface area contributed by atoms with Gasteiger partial charge < -0.3 is 19.6 Å². The average Bonchev–Trinajstić information content (AvgIpc) is 3.27. The van der Waals surface area contributed by atoms with Gasteiger partial charge in [-0.05, 0) is 36.8 Å². The summed E-state index contributed by atoms with van der Waals surface area (Å²) in [5.74, 6) is -0.560. The van der Waals surface area contributed by atoms with Crippen molar-refractivity contribution >= 4 is 28.3 Å². The van der Waals surface area contributed by atoms with Crippen molar-refractivity contribution in [1.82, 2.24) is 9.88 Å². The van der Waals surface area contributed by atoms with Crippen molar-refractivity contribution in [3.05, 3.63) is 65.0 Å². The van der Waals surface area contributed by atoms with Gasteiger partial charge in [-0.25, -0.2) is 4.98 Å². The molecule has 0 spiro atoms. The molecule has 0 aliphatic heterocycles. The molecule has 2 aromatic carbocycles. The third kappa shape index (κ3) is 5.61. The highest BCUT2D eigenvalue weighted by Gasteiger charge is 2.15. The summed E-state index contributed by atoms with van der Waals surface area (Å²) in [6.07, 6.45) is 0. The predicted octanol–water partition coefficient (Wildman–Crippen LogP) is 4.00. The van der Waals surface area contributed by atoms with Crippen molar-refractivity contribution in [3.8, 4) is 17.0 Å². The molecule has 1 heterocycles. The van der Waals surface area contributed by atoms with Gasteiger partial charge in [0.25, 0.3) is 5.91 Å². The first-order valence-electron chi connectivity index (χ1n) is 9.82. The summed E-state index contributed by atoms with van der Waals surface area (Å²) in [5.41, 5.74) is 3.41. The topological polar surface area (TPSA) is 83.0 Å². The van der Waals surface area contributed by atoms with Crippen LogP contribution in [-0.4, -0.2) is 54.1 Å². The maximum absolute atomic E-state index is 12.3. The van der Waals surface area contributed by atoms with Gasteiger partial charge in [0, 0.05) is 36.6 Å². The summed E-state index contributed by atoms with van der Waals surface area (Å²) >= 11 is 1.59. The number of amides is 1. The molecule has 0 bridgehead atoms. The minimum atomic E-state index is -1.04. The van der Waals surface area contributed by atoms with Crippen molar-refractivity contribution < 1.29 is 19.4 Å². The number of aliphatic carboxylic acids is 1. The van der Waals surface area contributed by atoms with Crippen LogP contribution in [0.25, 0.3) is 11.3 Å². The van der Waals surface area contributed by atoms with E-state index in [-0.39, 0.29) is 12.5 Å². The van der Waals surface area contributed by atoms with E-state index in [1.165, 1.54) is 11.9 Å². The van der Waals surface area contributed by atoms with E-state index in [2.05, 4.69) is 11.8 Å². The molecule has 162 valence electrons. The summed E-state index contributed by atoms with van der Waals surface area (Å²) in [5, 5.41) is 11.8. The van der Waals surface area contributed by atoms with Crippen molar-refractivity contribution in [2.75, 3.05) is 32.1 Å². The molecule has 0 saturated carbocycles. The van der Waals surface area contributed by atoms with Crippen molar-refractivity contribution in [1.29, 1.82) is 0 Å². The van der Waals surface area contributed by atoms with E-state index in [1.807, 2.05) is 41.8 Å². The number of carboxylic acids is 1. The Morgan fingerprint density at radius 3 is 2.55 bits per heavy atom. The molecule has 0 aliphatic rings. The lowest BCUT2D eigenvalue weighted by atomic mass is 10.1. The summed E-state index contributed by atoms with van der Waals surface area (Å²) in [4.78, 5) is 31.3. The van der Waals surface area contributed by atoms with Crippen LogP contribution < -0.4 is 9.64 Å². The Morgan fingerprint density at radius 2 is 1.90 bits per heavy atom. The van der Waals surface area contributed by atoms with Crippen molar-refractivity contribution in [2.24, 2.45) is 0 Å². The fraction of sp³-hybridized carbons (Fsp3) is 0.261. The number of aromatic nitrogens is 1. The SMILES string of the molecule is CCN(Cc1ccc(C(=O)N(C)CC(=O)O)cc1)c1nc(-c2cccc(OC)c2)cs1. The minimum absolute atomic E-state index is 0.316. The van der Waals surface area contributed by atoms with Crippen LogP contribution in [0.15, 0.2) is 53.9 Å². The number of thiazole rings is 1. The first-order valence-corrected chi connectivity index (χ1v) is 10.7. The highest BCUT2D eigenvalue weighted by molar-refractivity contribution is 7.14. The number of benzene rings is 2. The van der Waals surface area contributed by atoms with Crippen LogP contribution in [0.2, 0.25) is 0 Å². The zero-order valence-electron chi connectivity index (χ0n) is 17.7. The van der Waals surface area contributed by atoms with Gasteiger partial charge in [0.1, 0.15) is 12.3 Å². The van der Waals surface area contributed by atoms with Crippen LogP contribution in [0.1, 0.15) is 22.8 Å². The van der Waals surface area contributed by atoms with E-state index in [9.17, 15) is 9.59 Å². The standard InChI is InChI=1S/C23H25N3O4S/c1-4-26(23-24-20(15-31-23)18-6-5-7-19(12-18)30-3)13-16-8-10-17(11-9-16)22(29)25(2)14-21(27)28/h5-12,15H,4,13-14H2,1-3H3,(H,27,28). The summed E-state index contributed by atoms with van der Waals surface area (Å²) in [6.45, 7) is 3.18. The zero-order valence-corrected chi connectivity index (χ0v) is 18.6. The van der Waals surface area contributed by atoms with Gasteiger partial charge in [0.2, 0.25) is 0 Å². The van der Waals surface area contributed by atoms with Gasteiger partial charge in [0.15, 0.2) is 5.13 Å². The number of methoxy groups -OCH3 is 1. The van der Waals surface area contributed by atoms with E-state index in [0.717, 1.165) is 34.2 Å². The molecule has 3 aromatic rings. The monoisotopic (exact) mass is 439 g/mol. The maximum atomic E-state index is 12.3. The van der Waals surface area contributed by atoms with Crippen molar-refractivity contribution in [3.63, 3.8) is 0 Å². The van der Waals surface area contributed by atoms with Crippen LogP contribution >= 0.6 is 11.3 Å². The number of hydrogen-bond donors (Lipinski definition) is 1. The van der Waals surface area contributed by atoms with E-state index in [0.29, 0.717) is 12.1 Å². The molecule has 1 N–H and O–H groups in total. The lowest BCUT2D eigenvalue weighted by Crippen LogP contribution is -2.31. The Kier molecular flexibility index (Phi) is 7.25. The van der Waals surface area contributed by atoms with Crippen LogP contribution in [0.4, 0.5) is 5.13 Å². The second kappa shape index (κ2) is 10.1. The first-order chi connectivity index (χ1) is 14.9. The summed E-state index contributed by atoms with van der Waals surface area (Å²) in [6, 6.07) is 15.1. The fourth-order valence-corrected chi connectivity index (χ4v) is 4.01. The molecular weight excluding hydrogens is 414 g/mol. The normalized spacial score (nSPS) is 10.5. The third-order valence-corrected chi connectivity index (χ3v) is 5.70. The highest BCUT2D eigenvalue weighted by Crippen LogP contribution is 2.30. The van der Waals surface area contributed by atoms with E-state index >= 15 is 0 Å². The van der Waals surface area contributed by atoms with Gasteiger partial charge in [-0.2, -0.15) is 0 Å². The van der Waals surface area contributed by atoms with E-state index in [1.54, 1.807) is 30.6 Å². The fourth-order valence-electron chi connectivity index (χ4n) is 3.11. The minimum Gasteiger partial charge on any atom is -0.497 e. The Hall–Kier alpha value is -3.39. The Labute approximate surface area is 185 Å². The molecule has 0 fully saturated rings. The number of carboxylic acid groups (broad SMARTS) is 1. The van der Waals surface area contributed by atoms with Crippen LogP contribution in [0, 0.1) is 0 Å². The first kappa shape index (κ1) is 22.3. The Morgan fingerprint density at radius 1 is 1.16 bits per heavy atom. The van der Waals surface area contributed by atoms with Gasteiger partial charge in [0.05, 0.1) is 12.8 Å². The third-order valence-electron chi connectivity index (χ3n) is 4.80. The zero-order chi connectivity index (χ0) is 22.4. The number of carbonyl (C=O) groups excluding carboxylic acids is 1. The molecule has 0 atom stereocenters. The highest BCUT2D eigenvalue weighted by atomic mass is 32.1. The lowest BCUT2D eigenvalue weighted by Gasteiger charge is -2.20. The second-order valence-electron chi connectivity index (χ2n) is 7.01. The molecule has 0 radical (unpaired) electrons. The number of anilines is 1. The number of rotatable bonds is 9. The quantitative estimate of drug-likeness (QED) is 0.543. The smallest absolute Gasteiger partial charge is 0.323 e. The molecule has 0 aliphatic carbocycles. The predicted molar refractivity (Wildman–Crippen MR) is 122 cm³/mol. The largest absolute Gasteiger partial charge is 0.497 e. The average molecular weight is 440 g/mol. The number of nitrogens with zero attached hydrogens (tertiary/aromatic N) is 3.